The molecule has 0 atom stereocenters. The van der Waals surface area contributed by atoms with Crippen LogP contribution in [0.3, 0.4) is 0 Å². The first-order valence-corrected chi connectivity index (χ1v) is 5.95. The van der Waals surface area contributed by atoms with Crippen molar-refractivity contribution in [2.75, 3.05) is 13.3 Å². The Labute approximate surface area is 100 Å². The minimum atomic E-state index is 0.291. The summed E-state index contributed by atoms with van der Waals surface area (Å²) in [5.74, 6) is 1.62. The fourth-order valence-corrected chi connectivity index (χ4v) is 2.35. The van der Waals surface area contributed by atoms with Crippen LogP contribution in [-0.2, 0) is 12.8 Å². The molecule has 3 nitrogen and oxygen atoms in total. The van der Waals surface area contributed by atoms with Gasteiger partial charge in [-0.1, -0.05) is 18.5 Å². The molecule has 1 aliphatic heterocycles. The van der Waals surface area contributed by atoms with E-state index < -0.39 is 0 Å². The largest absolute Gasteiger partial charge is 0.454 e. The molecule has 0 spiro atoms. The Morgan fingerprint density at radius 1 is 1.38 bits per heavy atom. The van der Waals surface area contributed by atoms with Gasteiger partial charge >= 0.3 is 0 Å². The van der Waals surface area contributed by atoms with E-state index in [0.29, 0.717) is 13.3 Å². The zero-order chi connectivity index (χ0) is 11.5. The van der Waals surface area contributed by atoms with Crippen molar-refractivity contribution < 1.29 is 9.47 Å². The summed E-state index contributed by atoms with van der Waals surface area (Å²) in [6.45, 7) is 3.06. The van der Waals surface area contributed by atoms with Crippen LogP contribution in [0.1, 0.15) is 24.5 Å². The highest BCUT2D eigenvalue weighted by Crippen LogP contribution is 2.41. The SMILES string of the molecule is CCc1c(CCCN)c(Cl)cc2c1OCO2. The van der Waals surface area contributed by atoms with Gasteiger partial charge in [0, 0.05) is 16.7 Å². The number of nitrogens with two attached hydrogens (primary N) is 1. The van der Waals surface area contributed by atoms with Crippen molar-refractivity contribution in [3.05, 3.63) is 22.2 Å². The average molecular weight is 242 g/mol. The summed E-state index contributed by atoms with van der Waals surface area (Å²) in [5, 5.41) is 0.759. The van der Waals surface area contributed by atoms with Gasteiger partial charge in [0.2, 0.25) is 6.79 Å². The Morgan fingerprint density at radius 2 is 2.19 bits per heavy atom. The maximum Gasteiger partial charge on any atom is 0.231 e. The average Bonchev–Trinajstić information content (AvgIpc) is 2.73. The molecule has 0 saturated carbocycles. The molecule has 0 fully saturated rings. The lowest BCUT2D eigenvalue weighted by atomic mass is 9.99. The van der Waals surface area contributed by atoms with E-state index >= 15 is 0 Å². The number of rotatable bonds is 4. The molecule has 0 bridgehead atoms. The molecule has 1 heterocycles. The van der Waals surface area contributed by atoms with Crippen LogP contribution in [0.4, 0.5) is 0 Å². The van der Waals surface area contributed by atoms with Gasteiger partial charge in [-0.15, -0.1) is 0 Å². The van der Waals surface area contributed by atoms with Crippen LogP contribution < -0.4 is 15.2 Å². The highest BCUT2D eigenvalue weighted by atomic mass is 35.5. The molecule has 1 aromatic carbocycles. The maximum absolute atomic E-state index is 6.25. The summed E-state index contributed by atoms with van der Waals surface area (Å²) in [6, 6.07) is 1.84. The second kappa shape index (κ2) is 4.93. The number of hydrogen-bond donors (Lipinski definition) is 1. The van der Waals surface area contributed by atoms with Gasteiger partial charge in [0.1, 0.15) is 0 Å². The highest BCUT2D eigenvalue weighted by Gasteiger charge is 2.22. The third-order valence-corrected chi connectivity index (χ3v) is 3.15. The highest BCUT2D eigenvalue weighted by molar-refractivity contribution is 6.31. The number of benzene rings is 1. The summed E-state index contributed by atoms with van der Waals surface area (Å²) in [4.78, 5) is 0. The summed E-state index contributed by atoms with van der Waals surface area (Å²) in [5.41, 5.74) is 7.84. The zero-order valence-electron chi connectivity index (χ0n) is 9.38. The van der Waals surface area contributed by atoms with Gasteiger partial charge in [0.05, 0.1) is 0 Å². The van der Waals surface area contributed by atoms with Gasteiger partial charge in [0.15, 0.2) is 11.5 Å². The first-order chi connectivity index (χ1) is 7.77. The first-order valence-electron chi connectivity index (χ1n) is 5.57. The number of fused-ring (bicyclic) bond motifs is 1. The quantitative estimate of drug-likeness (QED) is 0.881. The van der Waals surface area contributed by atoms with Gasteiger partial charge in [0.25, 0.3) is 0 Å². The zero-order valence-corrected chi connectivity index (χ0v) is 10.1. The number of ether oxygens (including phenoxy) is 2. The van der Waals surface area contributed by atoms with E-state index in [0.717, 1.165) is 46.9 Å². The lowest BCUT2D eigenvalue weighted by Gasteiger charge is -2.12. The molecular formula is C12H16ClNO2. The van der Waals surface area contributed by atoms with Crippen molar-refractivity contribution in [3.8, 4) is 11.5 Å². The van der Waals surface area contributed by atoms with E-state index in [1.165, 1.54) is 0 Å². The van der Waals surface area contributed by atoms with Crippen molar-refractivity contribution in [1.29, 1.82) is 0 Å². The van der Waals surface area contributed by atoms with E-state index in [1.807, 2.05) is 6.07 Å². The van der Waals surface area contributed by atoms with E-state index in [2.05, 4.69) is 6.92 Å². The summed E-state index contributed by atoms with van der Waals surface area (Å²) in [6.07, 6.45) is 2.73. The molecule has 0 saturated heterocycles. The molecule has 1 aliphatic rings. The fraction of sp³-hybridized carbons (Fsp3) is 0.500. The molecule has 0 amide bonds. The van der Waals surface area contributed by atoms with Crippen LogP contribution in [0.25, 0.3) is 0 Å². The molecule has 0 aromatic heterocycles. The van der Waals surface area contributed by atoms with Crippen LogP contribution in [0.2, 0.25) is 5.02 Å². The molecular weight excluding hydrogens is 226 g/mol. The topological polar surface area (TPSA) is 44.5 Å². The second-order valence-corrected chi connectivity index (χ2v) is 4.20. The van der Waals surface area contributed by atoms with Gasteiger partial charge in [-0.05, 0) is 31.4 Å². The molecule has 1 aromatic rings. The fourth-order valence-electron chi connectivity index (χ4n) is 2.04. The number of hydrogen-bond acceptors (Lipinski definition) is 3. The Kier molecular flexibility index (Phi) is 3.56. The van der Waals surface area contributed by atoms with Crippen LogP contribution in [-0.4, -0.2) is 13.3 Å². The lowest BCUT2D eigenvalue weighted by molar-refractivity contribution is 0.173. The van der Waals surface area contributed by atoms with Gasteiger partial charge in [-0.2, -0.15) is 0 Å². The molecule has 2 N–H and O–H groups in total. The summed E-state index contributed by atoms with van der Waals surface area (Å²) >= 11 is 6.25. The van der Waals surface area contributed by atoms with Crippen molar-refractivity contribution in [2.45, 2.75) is 26.2 Å². The van der Waals surface area contributed by atoms with Crippen molar-refractivity contribution >= 4 is 11.6 Å². The standard InChI is InChI=1S/C12H16ClNO2/c1-2-8-9(4-3-5-14)10(13)6-11-12(8)16-7-15-11/h6H,2-5,7,14H2,1H3. The van der Waals surface area contributed by atoms with Crippen LogP contribution in [0.5, 0.6) is 11.5 Å². The summed E-state index contributed by atoms with van der Waals surface area (Å²) < 4.78 is 10.8. The Bertz CT molecular complexity index is 393. The van der Waals surface area contributed by atoms with E-state index in [1.54, 1.807) is 0 Å². The Hall–Kier alpha value is -0.930. The third-order valence-electron chi connectivity index (χ3n) is 2.81. The molecule has 0 radical (unpaired) electrons. The third kappa shape index (κ3) is 1.97. The normalized spacial score (nSPS) is 13.2. The molecule has 16 heavy (non-hydrogen) atoms. The minimum Gasteiger partial charge on any atom is -0.454 e. The van der Waals surface area contributed by atoms with Crippen molar-refractivity contribution in [3.63, 3.8) is 0 Å². The predicted molar refractivity (Wildman–Crippen MR) is 64.3 cm³/mol. The number of halogens is 1. The second-order valence-electron chi connectivity index (χ2n) is 3.80. The van der Waals surface area contributed by atoms with E-state index in [9.17, 15) is 0 Å². The minimum absolute atomic E-state index is 0.291. The van der Waals surface area contributed by atoms with Crippen LogP contribution in [0.15, 0.2) is 6.07 Å². The monoisotopic (exact) mass is 241 g/mol. The maximum atomic E-state index is 6.25. The van der Waals surface area contributed by atoms with Crippen molar-refractivity contribution in [2.24, 2.45) is 5.73 Å². The van der Waals surface area contributed by atoms with Gasteiger partial charge in [-0.3, -0.25) is 0 Å². The van der Waals surface area contributed by atoms with Crippen molar-refractivity contribution in [1.82, 2.24) is 0 Å². The Morgan fingerprint density at radius 3 is 2.88 bits per heavy atom. The predicted octanol–water partition coefficient (Wildman–Crippen LogP) is 2.52. The van der Waals surface area contributed by atoms with Gasteiger partial charge < -0.3 is 15.2 Å². The molecule has 88 valence electrons. The molecule has 0 unspecified atom stereocenters. The summed E-state index contributed by atoms with van der Waals surface area (Å²) in [7, 11) is 0. The van der Waals surface area contributed by atoms with Crippen LogP contribution >= 0.6 is 11.6 Å². The lowest BCUT2D eigenvalue weighted by Crippen LogP contribution is -2.03. The van der Waals surface area contributed by atoms with Crippen LogP contribution in [0, 0.1) is 0 Å². The van der Waals surface area contributed by atoms with E-state index in [-0.39, 0.29) is 0 Å². The van der Waals surface area contributed by atoms with Gasteiger partial charge in [-0.25, -0.2) is 0 Å². The first kappa shape index (κ1) is 11.6. The molecule has 0 aliphatic carbocycles. The smallest absolute Gasteiger partial charge is 0.231 e. The Balaban J connectivity index is 2.42. The molecule has 4 heteroatoms. The molecule has 2 rings (SSSR count). The van der Waals surface area contributed by atoms with E-state index in [4.69, 9.17) is 26.8 Å².